The number of hydrogen-bond donors (Lipinski definition) is 1. The van der Waals surface area contributed by atoms with Gasteiger partial charge in [0.1, 0.15) is 0 Å². The fourth-order valence-corrected chi connectivity index (χ4v) is 4.41. The minimum Gasteiger partial charge on any atom is -0.371 e. The van der Waals surface area contributed by atoms with Crippen LogP contribution in [0.2, 0.25) is 0 Å². The zero-order valence-electron chi connectivity index (χ0n) is 13.8. The molecular formula is C20H23N3O. The smallest absolute Gasteiger partial charge is 0.248 e. The number of nitrogens with zero attached hydrogens (tertiary/aromatic N) is 2. The molecule has 0 spiro atoms. The number of aromatic nitrogens is 1. The predicted octanol–water partition coefficient (Wildman–Crippen LogP) is 3.13. The number of hydrogen-bond acceptors (Lipinski definition) is 3. The van der Waals surface area contributed by atoms with Crippen LogP contribution in [0.3, 0.4) is 0 Å². The van der Waals surface area contributed by atoms with E-state index in [2.05, 4.69) is 28.1 Å². The summed E-state index contributed by atoms with van der Waals surface area (Å²) in [5, 5.41) is 0. The Balaban J connectivity index is 1.45. The Kier molecular flexibility index (Phi) is 3.97. The van der Waals surface area contributed by atoms with Gasteiger partial charge in [-0.3, -0.25) is 9.78 Å². The van der Waals surface area contributed by atoms with Gasteiger partial charge in [-0.15, -0.1) is 0 Å². The molecule has 1 amide bonds. The molecular weight excluding hydrogens is 298 g/mol. The molecule has 2 aliphatic rings. The Hall–Kier alpha value is -2.36. The van der Waals surface area contributed by atoms with Crippen molar-refractivity contribution < 1.29 is 4.79 Å². The molecule has 4 rings (SSSR count). The number of fused-ring (bicyclic) bond motifs is 1. The van der Waals surface area contributed by atoms with Crippen LogP contribution in [-0.2, 0) is 6.42 Å². The highest BCUT2D eigenvalue weighted by Gasteiger charge is 2.32. The quantitative estimate of drug-likeness (QED) is 0.945. The summed E-state index contributed by atoms with van der Waals surface area (Å²) in [6, 6.07) is 10.2. The first-order valence-electron chi connectivity index (χ1n) is 8.80. The summed E-state index contributed by atoms with van der Waals surface area (Å²) >= 11 is 0. The van der Waals surface area contributed by atoms with Crippen molar-refractivity contribution >= 4 is 11.6 Å². The Morgan fingerprint density at radius 1 is 1.08 bits per heavy atom. The summed E-state index contributed by atoms with van der Waals surface area (Å²) in [7, 11) is 0. The summed E-state index contributed by atoms with van der Waals surface area (Å²) < 4.78 is 0. The second kappa shape index (κ2) is 6.27. The molecule has 2 N–H and O–H groups in total. The number of nitrogens with two attached hydrogens (primary N) is 1. The van der Waals surface area contributed by atoms with Gasteiger partial charge in [0.15, 0.2) is 0 Å². The van der Waals surface area contributed by atoms with Crippen LogP contribution in [0.5, 0.6) is 0 Å². The van der Waals surface area contributed by atoms with Crippen LogP contribution in [0.1, 0.15) is 46.7 Å². The van der Waals surface area contributed by atoms with Crippen molar-refractivity contribution in [3.05, 3.63) is 59.4 Å². The Labute approximate surface area is 142 Å². The molecule has 2 aromatic rings. The maximum atomic E-state index is 11.4. The van der Waals surface area contributed by atoms with Crippen LogP contribution < -0.4 is 10.6 Å². The van der Waals surface area contributed by atoms with Gasteiger partial charge in [0, 0.05) is 36.7 Å². The lowest BCUT2D eigenvalue weighted by Crippen LogP contribution is -2.35. The summed E-state index contributed by atoms with van der Waals surface area (Å²) in [6.07, 6.45) is 8.47. The highest BCUT2D eigenvalue weighted by atomic mass is 16.1. The van der Waals surface area contributed by atoms with Gasteiger partial charge in [0.05, 0.1) is 0 Å². The van der Waals surface area contributed by atoms with E-state index in [1.807, 2.05) is 24.5 Å². The van der Waals surface area contributed by atoms with Gasteiger partial charge >= 0.3 is 0 Å². The fourth-order valence-electron chi connectivity index (χ4n) is 4.41. The zero-order chi connectivity index (χ0) is 16.5. The van der Waals surface area contributed by atoms with E-state index >= 15 is 0 Å². The van der Waals surface area contributed by atoms with E-state index < -0.39 is 0 Å². The van der Waals surface area contributed by atoms with Gasteiger partial charge in [-0.25, -0.2) is 0 Å². The fraction of sp³-hybridized carbons (Fsp3) is 0.400. The lowest BCUT2D eigenvalue weighted by atomic mass is 9.80. The lowest BCUT2D eigenvalue weighted by molar-refractivity contribution is 0.1000. The number of rotatable bonds is 3. The van der Waals surface area contributed by atoms with Gasteiger partial charge < -0.3 is 10.6 Å². The molecule has 124 valence electrons. The molecule has 1 atom stereocenters. The number of aryl methyl sites for hydroxylation is 1. The molecule has 1 unspecified atom stereocenters. The monoisotopic (exact) mass is 321 g/mol. The summed E-state index contributed by atoms with van der Waals surface area (Å²) in [6.45, 7) is 2.22. The van der Waals surface area contributed by atoms with E-state index in [1.54, 1.807) is 0 Å². The summed E-state index contributed by atoms with van der Waals surface area (Å²) in [5.74, 6) is 1.05. The van der Waals surface area contributed by atoms with Gasteiger partial charge in [-0.1, -0.05) is 6.07 Å². The van der Waals surface area contributed by atoms with E-state index in [-0.39, 0.29) is 5.91 Å². The molecule has 0 radical (unpaired) electrons. The van der Waals surface area contributed by atoms with E-state index in [0.29, 0.717) is 11.5 Å². The standard InChI is InChI=1S/C20H23N3O/c21-20(24)16-2-4-19-15(13-16)1-3-18(19)14-7-11-23(12-8-14)17-5-9-22-10-6-17/h2,4-6,9-10,13-14,18H,1,3,7-8,11-12H2,(H2,21,24). The average Bonchev–Trinajstić information content (AvgIpc) is 3.06. The largest absolute Gasteiger partial charge is 0.371 e. The predicted molar refractivity (Wildman–Crippen MR) is 95.2 cm³/mol. The minimum absolute atomic E-state index is 0.327. The maximum absolute atomic E-state index is 11.4. The minimum atomic E-state index is -0.327. The van der Waals surface area contributed by atoms with Crippen molar-refractivity contribution in [1.82, 2.24) is 4.98 Å². The third-order valence-corrected chi connectivity index (χ3v) is 5.69. The third kappa shape index (κ3) is 2.77. The molecule has 4 heteroatoms. The number of carbonyl (C=O) groups excluding carboxylic acids is 1. The number of benzene rings is 1. The number of piperidine rings is 1. The molecule has 4 nitrogen and oxygen atoms in total. The Morgan fingerprint density at radius 2 is 1.83 bits per heavy atom. The van der Waals surface area contributed by atoms with E-state index in [4.69, 9.17) is 5.73 Å². The van der Waals surface area contributed by atoms with Crippen molar-refractivity contribution in [2.24, 2.45) is 11.7 Å². The number of carbonyl (C=O) groups is 1. The van der Waals surface area contributed by atoms with Crippen LogP contribution in [-0.4, -0.2) is 24.0 Å². The molecule has 1 aromatic heterocycles. The first-order valence-corrected chi connectivity index (χ1v) is 8.80. The highest BCUT2D eigenvalue weighted by Crippen LogP contribution is 2.43. The summed E-state index contributed by atoms with van der Waals surface area (Å²) in [5.41, 5.74) is 10.1. The topological polar surface area (TPSA) is 59.2 Å². The van der Waals surface area contributed by atoms with Crippen LogP contribution >= 0.6 is 0 Å². The van der Waals surface area contributed by atoms with Crippen LogP contribution in [0, 0.1) is 5.92 Å². The molecule has 0 bridgehead atoms. The molecule has 1 aromatic carbocycles. The number of amides is 1. The molecule has 1 fully saturated rings. The SMILES string of the molecule is NC(=O)c1ccc2c(c1)CCC2C1CCN(c2ccncc2)CC1. The summed E-state index contributed by atoms with van der Waals surface area (Å²) in [4.78, 5) is 17.9. The highest BCUT2D eigenvalue weighted by molar-refractivity contribution is 5.93. The van der Waals surface area contributed by atoms with Gasteiger partial charge in [-0.2, -0.15) is 0 Å². The molecule has 2 heterocycles. The normalized spacial score (nSPS) is 20.8. The van der Waals surface area contributed by atoms with Gasteiger partial charge in [0.25, 0.3) is 0 Å². The Morgan fingerprint density at radius 3 is 2.54 bits per heavy atom. The molecule has 1 aliphatic heterocycles. The van der Waals surface area contributed by atoms with Gasteiger partial charge in [0.2, 0.25) is 5.91 Å². The molecule has 1 saturated heterocycles. The van der Waals surface area contributed by atoms with Crippen molar-refractivity contribution in [1.29, 1.82) is 0 Å². The van der Waals surface area contributed by atoms with Gasteiger partial charge in [-0.05, 0) is 72.9 Å². The van der Waals surface area contributed by atoms with Crippen LogP contribution in [0.15, 0.2) is 42.7 Å². The van der Waals surface area contributed by atoms with E-state index in [1.165, 1.54) is 36.1 Å². The van der Waals surface area contributed by atoms with E-state index in [9.17, 15) is 4.79 Å². The average molecular weight is 321 g/mol. The molecule has 24 heavy (non-hydrogen) atoms. The van der Waals surface area contributed by atoms with E-state index in [0.717, 1.165) is 25.4 Å². The second-order valence-electron chi connectivity index (χ2n) is 6.95. The molecule has 1 aliphatic carbocycles. The van der Waals surface area contributed by atoms with Crippen molar-refractivity contribution in [3.8, 4) is 0 Å². The maximum Gasteiger partial charge on any atom is 0.248 e. The third-order valence-electron chi connectivity index (χ3n) is 5.69. The number of primary amides is 1. The van der Waals surface area contributed by atoms with Crippen LogP contribution in [0.25, 0.3) is 0 Å². The first-order chi connectivity index (χ1) is 11.7. The van der Waals surface area contributed by atoms with Crippen molar-refractivity contribution in [2.75, 3.05) is 18.0 Å². The number of anilines is 1. The van der Waals surface area contributed by atoms with Crippen LogP contribution in [0.4, 0.5) is 5.69 Å². The van der Waals surface area contributed by atoms with Crippen molar-refractivity contribution in [2.45, 2.75) is 31.6 Å². The Bertz CT molecular complexity index is 736. The molecule has 0 saturated carbocycles. The number of pyridine rings is 1. The lowest BCUT2D eigenvalue weighted by Gasteiger charge is -2.36. The van der Waals surface area contributed by atoms with Crippen molar-refractivity contribution in [3.63, 3.8) is 0 Å². The first kappa shape index (κ1) is 15.2. The zero-order valence-corrected chi connectivity index (χ0v) is 13.8. The second-order valence-corrected chi connectivity index (χ2v) is 6.95.